The van der Waals surface area contributed by atoms with E-state index in [4.69, 9.17) is 4.42 Å². The van der Waals surface area contributed by atoms with Gasteiger partial charge < -0.3 is 19.2 Å². The maximum atomic E-state index is 13.1. The van der Waals surface area contributed by atoms with E-state index in [2.05, 4.69) is 54.6 Å². The fraction of sp³-hybridized carbons (Fsp3) is 0.480. The van der Waals surface area contributed by atoms with E-state index in [-0.39, 0.29) is 11.9 Å². The number of carbonyl (C=O) groups excluding carboxylic acids is 1. The number of furan rings is 1. The molecule has 0 bridgehead atoms. The molecule has 1 aromatic carbocycles. The minimum Gasteiger partial charge on any atom is -0.460 e. The number of aryl methyl sites for hydroxylation is 2. The Balaban J connectivity index is 1.75. The molecule has 2 heterocycles. The van der Waals surface area contributed by atoms with Crippen LogP contribution in [-0.2, 0) is 6.54 Å². The Morgan fingerprint density at radius 2 is 1.90 bits per heavy atom. The minimum atomic E-state index is -0.0389. The zero-order chi connectivity index (χ0) is 21.7. The number of amides is 1. The first-order valence-electron chi connectivity index (χ1n) is 11.1. The molecule has 0 saturated carbocycles. The van der Waals surface area contributed by atoms with Crippen LogP contribution in [-0.4, -0.2) is 41.1 Å². The molecule has 0 unspecified atom stereocenters. The summed E-state index contributed by atoms with van der Waals surface area (Å²) in [6.07, 6.45) is 2.05. The molecule has 5 nitrogen and oxygen atoms in total. The third-order valence-electron chi connectivity index (χ3n) is 5.92. The van der Waals surface area contributed by atoms with Crippen LogP contribution in [0.4, 0.5) is 0 Å². The molecule has 2 aromatic heterocycles. The number of nitrogens with one attached hydrogen (secondary N) is 1. The Bertz CT molecular complexity index is 982. The number of hydrogen-bond acceptors (Lipinski definition) is 3. The molecular formula is C25H35N3O2. The molecular weight excluding hydrogens is 374 g/mol. The number of fused-ring (bicyclic) bond motifs is 1. The lowest BCUT2D eigenvalue weighted by molar-refractivity contribution is 0.0928. The summed E-state index contributed by atoms with van der Waals surface area (Å²) in [5, 5.41) is 3.19. The summed E-state index contributed by atoms with van der Waals surface area (Å²) in [5.41, 5.74) is 4.81. The highest BCUT2D eigenvalue weighted by atomic mass is 16.3. The first-order chi connectivity index (χ1) is 14.4. The highest BCUT2D eigenvalue weighted by Gasteiger charge is 2.20. The van der Waals surface area contributed by atoms with Crippen molar-refractivity contribution in [2.75, 3.05) is 19.6 Å². The molecule has 0 aliphatic carbocycles. The lowest BCUT2D eigenvalue weighted by Gasteiger charge is -2.20. The summed E-state index contributed by atoms with van der Waals surface area (Å²) in [6, 6.07) is 12.3. The number of nitrogens with zero attached hydrogens (tertiary/aromatic N) is 2. The maximum absolute atomic E-state index is 13.1. The van der Waals surface area contributed by atoms with Crippen molar-refractivity contribution >= 4 is 17.0 Å². The minimum absolute atomic E-state index is 0.0389. The first kappa shape index (κ1) is 22.2. The van der Waals surface area contributed by atoms with Gasteiger partial charge in [0, 0.05) is 24.7 Å². The van der Waals surface area contributed by atoms with Gasteiger partial charge in [-0.15, -0.1) is 0 Å². The number of aromatic nitrogens is 1. The molecule has 1 amide bonds. The third-order valence-corrected chi connectivity index (χ3v) is 5.92. The van der Waals surface area contributed by atoms with Gasteiger partial charge in [0.2, 0.25) is 0 Å². The zero-order valence-electron chi connectivity index (χ0n) is 19.0. The molecule has 1 N–H and O–H groups in total. The fourth-order valence-corrected chi connectivity index (χ4v) is 4.01. The summed E-state index contributed by atoms with van der Waals surface area (Å²) in [6.45, 7) is 14.4. The van der Waals surface area contributed by atoms with Gasteiger partial charge in [-0.3, -0.25) is 4.79 Å². The predicted octanol–water partition coefficient (Wildman–Crippen LogP) is 5.14. The molecule has 0 fully saturated rings. The van der Waals surface area contributed by atoms with Gasteiger partial charge in [-0.25, -0.2) is 0 Å². The fourth-order valence-electron chi connectivity index (χ4n) is 4.01. The van der Waals surface area contributed by atoms with E-state index in [1.807, 2.05) is 31.2 Å². The average Bonchev–Trinajstić information content (AvgIpc) is 3.24. The number of benzene rings is 1. The van der Waals surface area contributed by atoms with Gasteiger partial charge in [0.25, 0.3) is 5.91 Å². The van der Waals surface area contributed by atoms with Crippen molar-refractivity contribution in [1.29, 1.82) is 0 Å². The van der Waals surface area contributed by atoms with Gasteiger partial charge in [0.15, 0.2) is 5.58 Å². The van der Waals surface area contributed by atoms with Crippen molar-refractivity contribution in [3.8, 4) is 0 Å². The molecule has 0 saturated heterocycles. The van der Waals surface area contributed by atoms with Crippen molar-refractivity contribution in [3.05, 3.63) is 59.0 Å². The van der Waals surface area contributed by atoms with E-state index >= 15 is 0 Å². The average molecular weight is 410 g/mol. The van der Waals surface area contributed by atoms with E-state index in [9.17, 15) is 4.79 Å². The highest BCUT2D eigenvalue weighted by molar-refractivity contribution is 5.97. The summed E-state index contributed by atoms with van der Waals surface area (Å²) >= 11 is 0. The van der Waals surface area contributed by atoms with Crippen LogP contribution in [0.15, 0.2) is 40.8 Å². The monoisotopic (exact) mass is 409 g/mol. The van der Waals surface area contributed by atoms with E-state index in [1.165, 1.54) is 11.1 Å². The van der Waals surface area contributed by atoms with Crippen LogP contribution in [0.3, 0.4) is 0 Å². The summed E-state index contributed by atoms with van der Waals surface area (Å²) in [7, 11) is 0. The largest absolute Gasteiger partial charge is 0.460 e. The first-order valence-corrected chi connectivity index (χ1v) is 11.1. The lowest BCUT2D eigenvalue weighted by atomic mass is 10.1. The Morgan fingerprint density at radius 1 is 1.17 bits per heavy atom. The Kier molecular flexibility index (Phi) is 7.38. The smallest absolute Gasteiger partial charge is 0.268 e. The van der Waals surface area contributed by atoms with E-state index in [0.717, 1.165) is 49.3 Å². The van der Waals surface area contributed by atoms with Crippen LogP contribution in [0.5, 0.6) is 0 Å². The van der Waals surface area contributed by atoms with E-state index < -0.39 is 0 Å². The van der Waals surface area contributed by atoms with Crippen LogP contribution in [0.25, 0.3) is 11.1 Å². The third kappa shape index (κ3) is 5.14. The van der Waals surface area contributed by atoms with Crippen molar-refractivity contribution in [2.24, 2.45) is 0 Å². The van der Waals surface area contributed by atoms with E-state index in [1.54, 1.807) is 0 Å². The molecule has 0 radical (unpaired) electrons. The predicted molar refractivity (Wildman–Crippen MR) is 123 cm³/mol. The van der Waals surface area contributed by atoms with Crippen molar-refractivity contribution in [1.82, 2.24) is 14.8 Å². The van der Waals surface area contributed by atoms with E-state index in [0.29, 0.717) is 12.2 Å². The highest BCUT2D eigenvalue weighted by Crippen LogP contribution is 2.25. The topological polar surface area (TPSA) is 50.4 Å². The molecule has 3 aromatic rings. The molecule has 1 atom stereocenters. The van der Waals surface area contributed by atoms with Gasteiger partial charge in [-0.05, 0) is 64.4 Å². The summed E-state index contributed by atoms with van der Waals surface area (Å²) in [5.74, 6) is 0.818. The molecule has 0 spiro atoms. The molecule has 0 aliphatic heterocycles. The zero-order valence-corrected chi connectivity index (χ0v) is 19.0. The summed E-state index contributed by atoms with van der Waals surface area (Å²) < 4.78 is 7.90. The van der Waals surface area contributed by atoms with Gasteiger partial charge in [0.1, 0.15) is 11.5 Å². The van der Waals surface area contributed by atoms with Crippen molar-refractivity contribution < 1.29 is 9.21 Å². The second kappa shape index (κ2) is 9.98. The van der Waals surface area contributed by atoms with Crippen LogP contribution < -0.4 is 5.32 Å². The second-order valence-electron chi connectivity index (χ2n) is 8.19. The Labute approximate surface area is 180 Å². The van der Waals surface area contributed by atoms with Crippen LogP contribution in [0.2, 0.25) is 0 Å². The van der Waals surface area contributed by atoms with Crippen molar-refractivity contribution in [3.63, 3.8) is 0 Å². The van der Waals surface area contributed by atoms with Crippen LogP contribution >= 0.6 is 0 Å². The van der Waals surface area contributed by atoms with Gasteiger partial charge >= 0.3 is 0 Å². The maximum Gasteiger partial charge on any atom is 0.268 e. The van der Waals surface area contributed by atoms with Gasteiger partial charge in [-0.2, -0.15) is 0 Å². The normalized spacial score (nSPS) is 12.6. The molecule has 162 valence electrons. The molecule has 30 heavy (non-hydrogen) atoms. The van der Waals surface area contributed by atoms with Crippen LogP contribution in [0.1, 0.15) is 61.0 Å². The number of rotatable bonds is 10. The second-order valence-corrected chi connectivity index (χ2v) is 8.19. The number of hydrogen-bond donors (Lipinski definition) is 1. The lowest BCUT2D eigenvalue weighted by Crippen LogP contribution is -2.35. The standard InChI is InChI=1S/C25H35N3O2/c1-6-27(7-2)14-10-12-19(4)26-25(29)23-16-24-22(15-20(5)30-24)28(23)17-21-13-9-8-11-18(21)3/h8-9,11,13,15-16,19H,6-7,10,12,14,17H2,1-5H3,(H,26,29)/t19-/m1/s1. The van der Waals surface area contributed by atoms with Gasteiger partial charge in [0.05, 0.1) is 5.52 Å². The molecule has 3 rings (SSSR count). The Morgan fingerprint density at radius 3 is 2.60 bits per heavy atom. The van der Waals surface area contributed by atoms with Crippen molar-refractivity contribution in [2.45, 2.75) is 60.0 Å². The SMILES string of the molecule is CCN(CC)CCC[C@@H](C)NC(=O)c1cc2oc(C)cc2n1Cc1ccccc1C. The quantitative estimate of drug-likeness (QED) is 0.504. The molecule has 5 heteroatoms. The summed E-state index contributed by atoms with van der Waals surface area (Å²) in [4.78, 5) is 15.5. The number of carbonyl (C=O) groups is 1. The van der Waals surface area contributed by atoms with Gasteiger partial charge in [-0.1, -0.05) is 38.1 Å². The van der Waals surface area contributed by atoms with Crippen LogP contribution in [0, 0.1) is 13.8 Å². The molecule has 0 aliphatic rings. The Hall–Kier alpha value is -2.53.